The number of nitrogens with zero attached hydrogens (tertiary/aromatic N) is 1. The molecule has 3 nitrogen and oxygen atoms in total. The molecule has 1 aromatic rings. The number of pyridine rings is 1. The molecule has 1 aliphatic rings. The van der Waals surface area contributed by atoms with Crippen molar-refractivity contribution in [2.45, 2.75) is 25.9 Å². The van der Waals surface area contributed by atoms with Crippen LogP contribution in [0.1, 0.15) is 35.8 Å². The number of rotatable bonds is 0. The molecule has 0 amide bonds. The standard InChI is InChI=1S/C10H10ClNO2/c1-5-6(2)14-10(13)7-3-4-8(11)12-9(5)7/h3-6H,1-2H3/t5?,6-/m0/s1. The van der Waals surface area contributed by atoms with Crippen LogP contribution in [-0.2, 0) is 4.74 Å². The largest absolute Gasteiger partial charge is 0.458 e. The van der Waals surface area contributed by atoms with Crippen LogP contribution in [0.3, 0.4) is 0 Å². The normalized spacial score (nSPS) is 25.5. The zero-order valence-corrected chi connectivity index (χ0v) is 8.71. The Bertz CT molecular complexity index is 392. The van der Waals surface area contributed by atoms with Crippen LogP contribution in [0.4, 0.5) is 0 Å². The molecular weight excluding hydrogens is 202 g/mol. The van der Waals surface area contributed by atoms with Crippen molar-refractivity contribution in [2.24, 2.45) is 0 Å². The summed E-state index contributed by atoms with van der Waals surface area (Å²) in [7, 11) is 0. The van der Waals surface area contributed by atoms with Crippen LogP contribution in [-0.4, -0.2) is 17.1 Å². The Labute approximate surface area is 87.0 Å². The van der Waals surface area contributed by atoms with Crippen LogP contribution < -0.4 is 0 Å². The molecule has 4 heteroatoms. The first-order valence-corrected chi connectivity index (χ1v) is 4.85. The van der Waals surface area contributed by atoms with Crippen LogP contribution >= 0.6 is 11.6 Å². The SMILES string of the molecule is CC1c2nc(Cl)ccc2C(=O)O[C@H]1C. The van der Waals surface area contributed by atoms with Crippen molar-refractivity contribution in [2.75, 3.05) is 0 Å². The second-order valence-electron chi connectivity index (χ2n) is 3.47. The van der Waals surface area contributed by atoms with Gasteiger partial charge in [0.15, 0.2) is 0 Å². The smallest absolute Gasteiger partial charge is 0.340 e. The predicted molar refractivity (Wildman–Crippen MR) is 52.5 cm³/mol. The van der Waals surface area contributed by atoms with E-state index in [1.54, 1.807) is 12.1 Å². The Balaban J connectivity index is 2.56. The molecule has 14 heavy (non-hydrogen) atoms. The van der Waals surface area contributed by atoms with E-state index < -0.39 is 0 Å². The van der Waals surface area contributed by atoms with Crippen LogP contribution in [0.2, 0.25) is 5.15 Å². The lowest BCUT2D eigenvalue weighted by atomic mass is 9.94. The van der Waals surface area contributed by atoms with Crippen LogP contribution in [0, 0.1) is 0 Å². The maximum absolute atomic E-state index is 11.4. The van der Waals surface area contributed by atoms with Crippen molar-refractivity contribution in [3.05, 3.63) is 28.5 Å². The number of esters is 1. The van der Waals surface area contributed by atoms with Crippen LogP contribution in [0.5, 0.6) is 0 Å². The zero-order valence-electron chi connectivity index (χ0n) is 7.95. The van der Waals surface area contributed by atoms with Crippen molar-refractivity contribution in [3.8, 4) is 0 Å². The highest BCUT2D eigenvalue weighted by Crippen LogP contribution is 2.30. The number of carbonyl (C=O) groups excluding carboxylic acids is 1. The van der Waals surface area contributed by atoms with Gasteiger partial charge in [-0.3, -0.25) is 0 Å². The average Bonchev–Trinajstić information content (AvgIpc) is 2.14. The molecule has 0 spiro atoms. The first kappa shape index (κ1) is 9.46. The minimum Gasteiger partial charge on any atom is -0.458 e. The van der Waals surface area contributed by atoms with E-state index in [9.17, 15) is 4.79 Å². The van der Waals surface area contributed by atoms with Gasteiger partial charge in [0.25, 0.3) is 0 Å². The van der Waals surface area contributed by atoms with Gasteiger partial charge in [-0.1, -0.05) is 18.5 Å². The number of aromatic nitrogens is 1. The summed E-state index contributed by atoms with van der Waals surface area (Å²) in [6.45, 7) is 3.83. The minimum atomic E-state index is -0.310. The Morgan fingerprint density at radius 3 is 2.86 bits per heavy atom. The molecular formula is C10H10ClNO2. The van der Waals surface area contributed by atoms with Gasteiger partial charge >= 0.3 is 5.97 Å². The molecule has 2 rings (SSSR count). The molecule has 2 heterocycles. The molecule has 0 radical (unpaired) electrons. The monoisotopic (exact) mass is 211 g/mol. The quantitative estimate of drug-likeness (QED) is 0.489. The number of cyclic esters (lactones) is 1. The highest BCUT2D eigenvalue weighted by molar-refractivity contribution is 6.29. The van der Waals surface area contributed by atoms with Gasteiger partial charge in [0.05, 0.1) is 11.3 Å². The maximum Gasteiger partial charge on any atom is 0.340 e. The second kappa shape index (κ2) is 3.24. The number of fused-ring (bicyclic) bond motifs is 1. The minimum absolute atomic E-state index is 0.0985. The summed E-state index contributed by atoms with van der Waals surface area (Å²) in [6, 6.07) is 3.26. The van der Waals surface area contributed by atoms with E-state index in [0.717, 1.165) is 5.69 Å². The van der Waals surface area contributed by atoms with E-state index in [-0.39, 0.29) is 18.0 Å². The fourth-order valence-corrected chi connectivity index (χ4v) is 1.68. The summed E-state index contributed by atoms with van der Waals surface area (Å²) in [5.41, 5.74) is 1.27. The molecule has 1 unspecified atom stereocenters. The lowest BCUT2D eigenvalue weighted by Crippen LogP contribution is -2.29. The number of halogens is 1. The van der Waals surface area contributed by atoms with Crippen molar-refractivity contribution in [3.63, 3.8) is 0 Å². The molecule has 0 fully saturated rings. The third kappa shape index (κ3) is 1.38. The van der Waals surface area contributed by atoms with Crippen molar-refractivity contribution in [1.82, 2.24) is 4.98 Å². The molecule has 1 aliphatic heterocycles. The molecule has 1 aromatic heterocycles. The molecule has 0 aliphatic carbocycles. The average molecular weight is 212 g/mol. The van der Waals surface area contributed by atoms with Gasteiger partial charge in [-0.25, -0.2) is 9.78 Å². The maximum atomic E-state index is 11.4. The third-order valence-electron chi connectivity index (χ3n) is 2.54. The molecule has 0 N–H and O–H groups in total. The number of hydrogen-bond acceptors (Lipinski definition) is 3. The van der Waals surface area contributed by atoms with Crippen molar-refractivity contribution < 1.29 is 9.53 Å². The fraction of sp³-hybridized carbons (Fsp3) is 0.400. The van der Waals surface area contributed by atoms with Gasteiger partial charge < -0.3 is 4.74 Å². The lowest BCUT2D eigenvalue weighted by molar-refractivity contribution is 0.0235. The van der Waals surface area contributed by atoms with Gasteiger partial charge in [0, 0.05) is 5.92 Å². The van der Waals surface area contributed by atoms with E-state index in [4.69, 9.17) is 16.3 Å². The van der Waals surface area contributed by atoms with Crippen molar-refractivity contribution >= 4 is 17.6 Å². The zero-order chi connectivity index (χ0) is 10.3. The van der Waals surface area contributed by atoms with Crippen LogP contribution in [0.15, 0.2) is 12.1 Å². The van der Waals surface area contributed by atoms with E-state index in [2.05, 4.69) is 4.98 Å². The second-order valence-corrected chi connectivity index (χ2v) is 3.85. The van der Waals surface area contributed by atoms with Crippen molar-refractivity contribution in [1.29, 1.82) is 0 Å². The summed E-state index contributed by atoms with van der Waals surface area (Å²) < 4.78 is 5.14. The van der Waals surface area contributed by atoms with E-state index in [0.29, 0.717) is 10.7 Å². The molecule has 0 saturated carbocycles. The van der Waals surface area contributed by atoms with Gasteiger partial charge in [-0.05, 0) is 19.1 Å². The Morgan fingerprint density at radius 2 is 2.14 bits per heavy atom. The molecule has 2 atom stereocenters. The highest BCUT2D eigenvalue weighted by Gasteiger charge is 2.31. The van der Waals surface area contributed by atoms with Gasteiger partial charge in [0.1, 0.15) is 11.3 Å². The molecule has 0 aromatic carbocycles. The third-order valence-corrected chi connectivity index (χ3v) is 2.75. The van der Waals surface area contributed by atoms with E-state index in [1.165, 1.54) is 0 Å². The predicted octanol–water partition coefficient (Wildman–Crippen LogP) is 2.40. The van der Waals surface area contributed by atoms with Gasteiger partial charge in [0.2, 0.25) is 0 Å². The van der Waals surface area contributed by atoms with Crippen LogP contribution in [0.25, 0.3) is 0 Å². The summed E-state index contributed by atoms with van der Waals surface area (Å²) in [5, 5.41) is 0.414. The Kier molecular flexibility index (Phi) is 2.19. The fourth-order valence-electron chi connectivity index (χ4n) is 1.53. The van der Waals surface area contributed by atoms with Gasteiger partial charge in [-0.15, -0.1) is 0 Å². The number of ether oxygens (including phenoxy) is 1. The summed E-state index contributed by atoms with van der Waals surface area (Å²) in [5.74, 6) is -0.212. The van der Waals surface area contributed by atoms with E-state index >= 15 is 0 Å². The molecule has 74 valence electrons. The summed E-state index contributed by atoms with van der Waals surface area (Å²) in [6.07, 6.45) is -0.138. The number of hydrogen-bond donors (Lipinski definition) is 0. The topological polar surface area (TPSA) is 39.2 Å². The number of carbonyl (C=O) groups is 1. The first-order valence-electron chi connectivity index (χ1n) is 4.47. The Hall–Kier alpha value is -1.09. The Morgan fingerprint density at radius 1 is 1.43 bits per heavy atom. The lowest BCUT2D eigenvalue weighted by Gasteiger charge is -2.26. The van der Waals surface area contributed by atoms with Gasteiger partial charge in [-0.2, -0.15) is 0 Å². The molecule has 0 saturated heterocycles. The first-order chi connectivity index (χ1) is 6.59. The molecule has 0 bridgehead atoms. The van der Waals surface area contributed by atoms with E-state index in [1.807, 2.05) is 13.8 Å². The highest BCUT2D eigenvalue weighted by atomic mass is 35.5. The summed E-state index contributed by atoms with van der Waals surface area (Å²) >= 11 is 5.77. The summed E-state index contributed by atoms with van der Waals surface area (Å²) in [4.78, 5) is 15.6.